The Morgan fingerprint density at radius 1 is 1.25 bits per heavy atom. The Labute approximate surface area is 201 Å². The first kappa shape index (κ1) is 25.0. The molecule has 1 atom stereocenters. The van der Waals surface area contributed by atoms with Crippen LogP contribution < -0.4 is 15.7 Å². The highest BCUT2D eigenvalue weighted by Gasteiger charge is 2.39. The molecule has 190 valence electrons. The van der Waals surface area contributed by atoms with E-state index in [0.29, 0.717) is 10.4 Å². The van der Waals surface area contributed by atoms with Gasteiger partial charge in [0.1, 0.15) is 6.61 Å². The summed E-state index contributed by atoms with van der Waals surface area (Å²) in [5.41, 5.74) is 0.479. The quantitative estimate of drug-likeness (QED) is 0.365. The molecule has 0 bridgehead atoms. The zero-order valence-corrected chi connectivity index (χ0v) is 19.3. The molecule has 0 spiro atoms. The average molecular weight is 507 g/mol. The van der Waals surface area contributed by atoms with E-state index in [9.17, 15) is 23.1 Å². The Morgan fingerprint density at radius 2 is 1.97 bits per heavy atom. The highest BCUT2D eigenvalue weighted by atomic mass is 19.4. The molecule has 10 nitrogen and oxygen atoms in total. The van der Waals surface area contributed by atoms with Crippen LogP contribution in [0.15, 0.2) is 35.3 Å². The molecule has 0 aliphatic carbocycles. The number of anilines is 2. The van der Waals surface area contributed by atoms with E-state index in [2.05, 4.69) is 25.6 Å². The summed E-state index contributed by atoms with van der Waals surface area (Å²) in [4.78, 5) is 16.7. The third-order valence-corrected chi connectivity index (χ3v) is 5.45. The standard InChI is InChI=1S/C22H21F4N7O3/c1-4-32-15(10-34)31-33(21(32)35)19-17(23)13-9-27-30-18(28-14-8-6-5-7-11(14)2)16(13)20(29-19)36-12(3)22(24,25)26/h5-9,12,34H,4,10H2,1-3H3,(H,28,30)/t12-/m0/s1. The number of aromatic nitrogens is 6. The molecule has 1 aromatic carbocycles. The zero-order chi connectivity index (χ0) is 26.2. The number of benzene rings is 1. The largest absolute Gasteiger partial charge is 0.464 e. The number of aryl methyl sites for hydroxylation is 1. The van der Waals surface area contributed by atoms with Crippen LogP contribution in [-0.2, 0) is 13.2 Å². The summed E-state index contributed by atoms with van der Waals surface area (Å²) in [5, 5.41) is 23.5. The summed E-state index contributed by atoms with van der Waals surface area (Å²) < 4.78 is 62.6. The van der Waals surface area contributed by atoms with Crippen LogP contribution in [0.4, 0.5) is 29.1 Å². The van der Waals surface area contributed by atoms with Gasteiger partial charge < -0.3 is 15.2 Å². The molecule has 0 aliphatic rings. The Morgan fingerprint density at radius 3 is 2.58 bits per heavy atom. The second kappa shape index (κ2) is 9.53. The van der Waals surface area contributed by atoms with Gasteiger partial charge in [0.15, 0.2) is 29.4 Å². The Balaban J connectivity index is 1.99. The van der Waals surface area contributed by atoms with Crippen molar-refractivity contribution < 1.29 is 27.4 Å². The molecule has 0 saturated heterocycles. The maximum absolute atomic E-state index is 15.7. The van der Waals surface area contributed by atoms with E-state index in [-0.39, 0.29) is 29.0 Å². The SMILES string of the molecule is CCn1c(CO)nn(-c2nc(O[C@@H](C)C(F)(F)F)c3c(Nc4ccccc4C)nncc3c2F)c1=O. The van der Waals surface area contributed by atoms with Crippen LogP contribution in [-0.4, -0.2) is 46.9 Å². The molecule has 0 fully saturated rings. The molecular weight excluding hydrogens is 486 g/mol. The van der Waals surface area contributed by atoms with E-state index in [1.165, 1.54) is 0 Å². The first-order chi connectivity index (χ1) is 17.1. The van der Waals surface area contributed by atoms with Gasteiger partial charge in [0.2, 0.25) is 5.88 Å². The first-order valence-electron chi connectivity index (χ1n) is 10.8. The number of nitrogens with zero attached hydrogens (tertiary/aromatic N) is 6. The van der Waals surface area contributed by atoms with Crippen LogP contribution in [0.3, 0.4) is 0 Å². The van der Waals surface area contributed by atoms with E-state index in [4.69, 9.17) is 4.74 Å². The minimum absolute atomic E-state index is 0.0790. The van der Waals surface area contributed by atoms with Gasteiger partial charge in [0, 0.05) is 12.2 Å². The highest BCUT2D eigenvalue weighted by Crippen LogP contribution is 2.36. The van der Waals surface area contributed by atoms with Gasteiger partial charge in [-0.25, -0.2) is 9.18 Å². The number of fused-ring (bicyclic) bond motifs is 1. The van der Waals surface area contributed by atoms with Crippen molar-refractivity contribution in [3.63, 3.8) is 0 Å². The summed E-state index contributed by atoms with van der Waals surface area (Å²) in [6, 6.07) is 7.00. The lowest BCUT2D eigenvalue weighted by molar-refractivity contribution is -0.189. The summed E-state index contributed by atoms with van der Waals surface area (Å²) >= 11 is 0. The van der Waals surface area contributed by atoms with E-state index in [0.717, 1.165) is 23.3 Å². The van der Waals surface area contributed by atoms with Gasteiger partial charge in [-0.05, 0) is 32.4 Å². The van der Waals surface area contributed by atoms with Crippen molar-refractivity contribution in [2.45, 2.75) is 46.2 Å². The maximum atomic E-state index is 15.7. The fourth-order valence-corrected chi connectivity index (χ4v) is 3.49. The topological polar surface area (TPSA) is 120 Å². The third kappa shape index (κ3) is 4.46. The molecule has 0 aliphatic heterocycles. The van der Waals surface area contributed by atoms with E-state index < -0.39 is 42.1 Å². The van der Waals surface area contributed by atoms with Crippen molar-refractivity contribution in [1.82, 2.24) is 29.5 Å². The van der Waals surface area contributed by atoms with Crippen LogP contribution >= 0.6 is 0 Å². The number of aliphatic hydroxyl groups is 1. The lowest BCUT2D eigenvalue weighted by Gasteiger charge is -2.20. The summed E-state index contributed by atoms with van der Waals surface area (Å²) in [6.45, 7) is 3.64. The molecule has 14 heteroatoms. The molecule has 2 N–H and O–H groups in total. The molecular formula is C22H21F4N7O3. The first-order valence-corrected chi connectivity index (χ1v) is 10.8. The Hall–Kier alpha value is -4.07. The molecule has 4 aromatic rings. The molecule has 0 saturated carbocycles. The fraction of sp³-hybridized carbons (Fsp3) is 0.318. The van der Waals surface area contributed by atoms with Gasteiger partial charge in [0.25, 0.3) is 0 Å². The second-order valence-electron chi connectivity index (χ2n) is 7.79. The Bertz CT molecular complexity index is 1480. The van der Waals surface area contributed by atoms with E-state index >= 15 is 4.39 Å². The molecule has 3 heterocycles. The smallest absolute Gasteiger partial charge is 0.425 e. The number of hydrogen-bond acceptors (Lipinski definition) is 8. The van der Waals surface area contributed by atoms with Gasteiger partial charge >= 0.3 is 11.9 Å². The van der Waals surface area contributed by atoms with Crippen molar-refractivity contribution in [2.24, 2.45) is 0 Å². The van der Waals surface area contributed by atoms with E-state index in [1.807, 2.05) is 0 Å². The number of ether oxygens (including phenoxy) is 1. The van der Waals surface area contributed by atoms with Crippen LogP contribution in [0.2, 0.25) is 0 Å². The predicted molar refractivity (Wildman–Crippen MR) is 121 cm³/mol. The lowest BCUT2D eigenvalue weighted by atomic mass is 10.1. The van der Waals surface area contributed by atoms with Crippen LogP contribution in [0, 0.1) is 12.7 Å². The number of hydrogen-bond donors (Lipinski definition) is 2. The number of alkyl halides is 3. The highest BCUT2D eigenvalue weighted by molar-refractivity contribution is 5.97. The number of nitrogens with one attached hydrogen (secondary N) is 1. The number of para-hydroxylation sites is 1. The lowest BCUT2D eigenvalue weighted by Crippen LogP contribution is -2.32. The summed E-state index contributed by atoms with van der Waals surface area (Å²) in [5.74, 6) is -2.63. The van der Waals surface area contributed by atoms with Crippen LogP contribution in [0.5, 0.6) is 5.88 Å². The van der Waals surface area contributed by atoms with Crippen molar-refractivity contribution >= 4 is 22.3 Å². The number of halogens is 4. The second-order valence-corrected chi connectivity index (χ2v) is 7.79. The van der Waals surface area contributed by atoms with Crippen molar-refractivity contribution in [1.29, 1.82) is 0 Å². The monoisotopic (exact) mass is 507 g/mol. The minimum atomic E-state index is -4.77. The van der Waals surface area contributed by atoms with Crippen LogP contribution in [0.1, 0.15) is 25.2 Å². The molecule has 3 aromatic heterocycles. The van der Waals surface area contributed by atoms with Gasteiger partial charge in [0.05, 0.1) is 17.0 Å². The van der Waals surface area contributed by atoms with Gasteiger partial charge in [-0.15, -0.1) is 10.2 Å². The molecule has 4 rings (SSSR count). The van der Waals surface area contributed by atoms with Gasteiger partial charge in [-0.2, -0.15) is 27.9 Å². The minimum Gasteiger partial charge on any atom is -0.464 e. The van der Waals surface area contributed by atoms with Gasteiger partial charge in [-0.3, -0.25) is 4.57 Å². The fourth-order valence-electron chi connectivity index (χ4n) is 3.49. The zero-order valence-electron chi connectivity index (χ0n) is 19.3. The molecule has 36 heavy (non-hydrogen) atoms. The number of rotatable bonds is 7. The van der Waals surface area contributed by atoms with E-state index in [1.54, 1.807) is 38.1 Å². The Kier molecular flexibility index (Phi) is 6.63. The molecule has 0 radical (unpaired) electrons. The van der Waals surface area contributed by atoms with Crippen molar-refractivity contribution in [2.75, 3.05) is 5.32 Å². The summed E-state index contributed by atoms with van der Waals surface area (Å²) in [7, 11) is 0. The summed E-state index contributed by atoms with van der Waals surface area (Å²) in [6.07, 6.45) is -6.11. The number of aliphatic hydroxyl groups excluding tert-OH is 1. The predicted octanol–water partition coefficient (Wildman–Crippen LogP) is 3.41. The normalized spacial score (nSPS) is 12.7. The van der Waals surface area contributed by atoms with Gasteiger partial charge in [-0.1, -0.05) is 18.2 Å². The average Bonchev–Trinajstić information content (AvgIpc) is 3.16. The van der Waals surface area contributed by atoms with Crippen LogP contribution in [0.25, 0.3) is 16.6 Å². The maximum Gasteiger partial charge on any atom is 0.425 e. The molecule has 0 amide bonds. The molecule has 0 unspecified atom stereocenters. The van der Waals surface area contributed by atoms with Crippen molar-refractivity contribution in [3.8, 4) is 11.7 Å². The number of pyridine rings is 1. The van der Waals surface area contributed by atoms with Crippen molar-refractivity contribution in [3.05, 3.63) is 58.2 Å². The third-order valence-electron chi connectivity index (χ3n) is 5.45.